The van der Waals surface area contributed by atoms with Crippen molar-refractivity contribution in [1.82, 2.24) is 0 Å². The molecule has 0 spiro atoms. The first-order chi connectivity index (χ1) is 21.9. The first-order valence-corrected chi connectivity index (χ1v) is 18.4. The Bertz CT molecular complexity index is 1830. The highest BCUT2D eigenvalue weighted by Gasteiger charge is 2.24. The molecule has 6 aromatic carbocycles. The summed E-state index contributed by atoms with van der Waals surface area (Å²) in [5, 5.41) is 1.28. The van der Waals surface area contributed by atoms with E-state index in [4.69, 9.17) is 4.43 Å². The van der Waals surface area contributed by atoms with Crippen molar-refractivity contribution in [3.63, 3.8) is 0 Å². The smallest absolute Gasteiger partial charge is 0.217 e. The van der Waals surface area contributed by atoms with Gasteiger partial charge in [-0.25, -0.2) is 0 Å². The SMILES string of the molecule is CO[Si](C)(C)c1ccc(N(c2ccccc2)c2ccc(-c3ccc(N(c4ccccc4)c4ccccc4)c(C)c3)cc2C)cc1. The van der Waals surface area contributed by atoms with E-state index in [-0.39, 0.29) is 0 Å². The van der Waals surface area contributed by atoms with Crippen LogP contribution in [0.4, 0.5) is 34.1 Å². The fourth-order valence-electron chi connectivity index (χ4n) is 5.89. The Kier molecular flexibility index (Phi) is 8.70. The van der Waals surface area contributed by atoms with Crippen molar-refractivity contribution in [3.8, 4) is 11.1 Å². The third-order valence-electron chi connectivity index (χ3n) is 8.58. The quantitative estimate of drug-likeness (QED) is 0.153. The topological polar surface area (TPSA) is 15.7 Å². The van der Waals surface area contributed by atoms with Gasteiger partial charge in [-0.15, -0.1) is 0 Å². The minimum atomic E-state index is -1.90. The summed E-state index contributed by atoms with van der Waals surface area (Å²) in [5.74, 6) is 0. The number of benzene rings is 6. The van der Waals surface area contributed by atoms with Crippen molar-refractivity contribution >= 4 is 47.6 Å². The molecule has 0 aromatic heterocycles. The summed E-state index contributed by atoms with van der Waals surface area (Å²) >= 11 is 0. The van der Waals surface area contributed by atoms with Crippen molar-refractivity contribution in [1.29, 1.82) is 0 Å². The predicted octanol–water partition coefficient (Wildman–Crippen LogP) is 11.0. The molecule has 0 amide bonds. The molecular formula is C41H40N2OSi. The molecule has 3 nitrogen and oxygen atoms in total. The van der Waals surface area contributed by atoms with Gasteiger partial charge in [0, 0.05) is 41.2 Å². The molecule has 0 radical (unpaired) electrons. The summed E-state index contributed by atoms with van der Waals surface area (Å²) in [5.41, 5.74) is 11.7. The third kappa shape index (κ3) is 6.34. The zero-order chi connectivity index (χ0) is 31.4. The summed E-state index contributed by atoms with van der Waals surface area (Å²) < 4.78 is 5.86. The molecule has 6 rings (SSSR count). The third-order valence-corrected chi connectivity index (χ3v) is 11.3. The van der Waals surface area contributed by atoms with E-state index in [0.29, 0.717) is 0 Å². The first-order valence-electron chi connectivity index (χ1n) is 15.5. The van der Waals surface area contributed by atoms with Gasteiger partial charge in [0.05, 0.1) is 0 Å². The molecule has 0 unspecified atom stereocenters. The molecule has 0 aliphatic rings. The zero-order valence-electron chi connectivity index (χ0n) is 26.7. The highest BCUT2D eigenvalue weighted by atomic mass is 28.4. The van der Waals surface area contributed by atoms with Gasteiger partial charge in [-0.3, -0.25) is 0 Å². The van der Waals surface area contributed by atoms with Crippen LogP contribution >= 0.6 is 0 Å². The number of anilines is 6. The summed E-state index contributed by atoms with van der Waals surface area (Å²) in [7, 11) is -0.0834. The normalized spacial score (nSPS) is 11.3. The largest absolute Gasteiger partial charge is 0.416 e. The second-order valence-corrected chi connectivity index (χ2v) is 15.9. The molecule has 45 heavy (non-hydrogen) atoms. The Morgan fingerprint density at radius 2 is 0.800 bits per heavy atom. The molecule has 0 aliphatic heterocycles. The maximum Gasteiger partial charge on any atom is 0.217 e. The van der Waals surface area contributed by atoms with Crippen LogP contribution in [-0.4, -0.2) is 15.4 Å². The van der Waals surface area contributed by atoms with E-state index in [1.54, 1.807) is 0 Å². The summed E-state index contributed by atoms with van der Waals surface area (Å²) in [4.78, 5) is 4.67. The molecule has 0 bridgehead atoms. The fraction of sp³-hybridized carbons (Fsp3) is 0.122. The Morgan fingerprint density at radius 3 is 1.13 bits per heavy atom. The second kappa shape index (κ2) is 13.0. The van der Waals surface area contributed by atoms with E-state index in [2.05, 4.69) is 188 Å². The van der Waals surface area contributed by atoms with Crippen LogP contribution in [0.3, 0.4) is 0 Å². The fourth-order valence-corrected chi connectivity index (χ4v) is 7.09. The molecule has 224 valence electrons. The Balaban J connectivity index is 1.36. The summed E-state index contributed by atoms with van der Waals surface area (Å²) in [6.45, 7) is 8.87. The highest BCUT2D eigenvalue weighted by Crippen LogP contribution is 2.40. The monoisotopic (exact) mass is 604 g/mol. The van der Waals surface area contributed by atoms with Gasteiger partial charge in [-0.1, -0.05) is 78.9 Å². The molecular weight excluding hydrogens is 565 g/mol. The molecule has 0 N–H and O–H groups in total. The Morgan fingerprint density at radius 1 is 0.444 bits per heavy atom. The average Bonchev–Trinajstić information content (AvgIpc) is 3.08. The number of para-hydroxylation sites is 3. The summed E-state index contributed by atoms with van der Waals surface area (Å²) in [6.07, 6.45) is 0. The van der Waals surface area contributed by atoms with E-state index in [1.165, 1.54) is 33.1 Å². The van der Waals surface area contributed by atoms with Crippen LogP contribution in [0.15, 0.2) is 152 Å². The van der Waals surface area contributed by atoms with Crippen molar-refractivity contribution in [3.05, 3.63) is 163 Å². The zero-order valence-corrected chi connectivity index (χ0v) is 27.7. The van der Waals surface area contributed by atoms with Gasteiger partial charge in [-0.05, 0) is 127 Å². The van der Waals surface area contributed by atoms with E-state index >= 15 is 0 Å². The maximum absolute atomic E-state index is 5.86. The predicted molar refractivity (Wildman–Crippen MR) is 195 cm³/mol. The molecule has 0 saturated carbocycles. The standard InChI is InChI=1S/C41H40N2OSi/c1-31-29-33(21-27-40(31)42(35-15-9-6-10-16-35)36-17-11-7-12-18-36)34-22-28-41(32(2)30-34)43(37-19-13-8-14-20-37)38-23-25-39(26-24-38)45(4,5)44-3/h6-30H,1-5H3. The summed E-state index contributed by atoms with van der Waals surface area (Å²) in [6, 6.07) is 54.2. The van der Waals surface area contributed by atoms with E-state index in [0.717, 1.165) is 28.4 Å². The van der Waals surface area contributed by atoms with Crippen molar-refractivity contribution in [2.24, 2.45) is 0 Å². The van der Waals surface area contributed by atoms with Gasteiger partial charge in [0.2, 0.25) is 8.32 Å². The van der Waals surface area contributed by atoms with Gasteiger partial charge in [0.1, 0.15) is 0 Å². The molecule has 0 fully saturated rings. The molecule has 0 atom stereocenters. The van der Waals surface area contributed by atoms with Gasteiger partial charge >= 0.3 is 0 Å². The Labute approximate surface area is 269 Å². The van der Waals surface area contributed by atoms with E-state index in [9.17, 15) is 0 Å². The van der Waals surface area contributed by atoms with Crippen LogP contribution in [0.25, 0.3) is 11.1 Å². The first kappa shape index (κ1) is 30.1. The van der Waals surface area contributed by atoms with Crippen molar-refractivity contribution < 1.29 is 4.43 Å². The molecule has 6 aromatic rings. The minimum absolute atomic E-state index is 1.13. The average molecular weight is 605 g/mol. The van der Waals surface area contributed by atoms with Gasteiger partial charge in [0.25, 0.3) is 0 Å². The second-order valence-electron chi connectivity index (χ2n) is 11.9. The van der Waals surface area contributed by atoms with Crippen LogP contribution in [0.2, 0.25) is 13.1 Å². The lowest BCUT2D eigenvalue weighted by Crippen LogP contribution is -2.43. The number of rotatable bonds is 9. The Hall–Kier alpha value is -4.90. The highest BCUT2D eigenvalue weighted by molar-refractivity contribution is 6.84. The van der Waals surface area contributed by atoms with Crippen LogP contribution in [0, 0.1) is 13.8 Å². The van der Waals surface area contributed by atoms with Crippen molar-refractivity contribution in [2.45, 2.75) is 26.9 Å². The lowest BCUT2D eigenvalue weighted by Gasteiger charge is -2.29. The molecule has 0 heterocycles. The van der Waals surface area contributed by atoms with Crippen LogP contribution in [-0.2, 0) is 4.43 Å². The van der Waals surface area contributed by atoms with Gasteiger partial charge < -0.3 is 14.2 Å². The van der Waals surface area contributed by atoms with Crippen LogP contribution < -0.4 is 15.0 Å². The molecule has 4 heteroatoms. The lowest BCUT2D eigenvalue weighted by atomic mass is 9.98. The number of aryl methyl sites for hydroxylation is 2. The minimum Gasteiger partial charge on any atom is -0.416 e. The number of hydrogen-bond donors (Lipinski definition) is 0. The maximum atomic E-state index is 5.86. The van der Waals surface area contributed by atoms with Gasteiger partial charge in [0.15, 0.2) is 0 Å². The van der Waals surface area contributed by atoms with E-state index in [1.807, 2.05) is 7.11 Å². The molecule has 0 aliphatic carbocycles. The molecule has 0 saturated heterocycles. The number of hydrogen-bond acceptors (Lipinski definition) is 3. The lowest BCUT2D eigenvalue weighted by molar-refractivity contribution is 0.416. The van der Waals surface area contributed by atoms with Crippen molar-refractivity contribution in [2.75, 3.05) is 16.9 Å². The van der Waals surface area contributed by atoms with Crippen LogP contribution in [0.5, 0.6) is 0 Å². The van der Waals surface area contributed by atoms with E-state index < -0.39 is 8.32 Å². The van der Waals surface area contributed by atoms with Crippen LogP contribution in [0.1, 0.15) is 11.1 Å². The van der Waals surface area contributed by atoms with Gasteiger partial charge in [-0.2, -0.15) is 0 Å². The number of nitrogens with zero attached hydrogens (tertiary/aromatic N) is 2.